The standard InChI is InChI=1S/C23H22F2N6.C22H22F2N6.C14H20N2O4.C6H14N2O2/c24-17-7-4-15(5-8-17)6-9-20-18-12-16(13-19(25)22(18)29-27-20)23-26-21(28-30-23)14-31-10-2-1-3-11-31;1-12(2)19(25-3)22-26-21(29-30-22)14-10-16-18(27-28-20(16)17(24)11-14)9-6-13-4-7-15(23)8-5-13;1-14(2,3)20-13(18)16(4)15-12(17)19-10-11-8-6-5-7-9-11;1-6(2,3)10-5(9)8(4)7/h4-9,12-13H,1-3,10-11,14H2,(H,27,29)(H,26,28,30);4-12,19,25H,1-3H3,(H,27,28)(H,26,29,30);5-9H,10H2,1-4H3,(H,15,17);7H2,1-4H3/b2*9-6+;;/t;19-;;/m.0../s1. The summed E-state index contributed by atoms with van der Waals surface area (Å²) in [6, 6.07) is 27.9. The fourth-order valence-corrected chi connectivity index (χ4v) is 8.96. The van der Waals surface area contributed by atoms with Crippen LogP contribution in [0.15, 0.2) is 103 Å². The molecule has 0 aliphatic carbocycles. The number of likely N-dealkylation sites (tertiary alicyclic amines) is 1. The van der Waals surface area contributed by atoms with E-state index in [1.807, 2.05) is 61.7 Å². The lowest BCUT2D eigenvalue weighted by Crippen LogP contribution is -2.45. The van der Waals surface area contributed by atoms with Gasteiger partial charge in [0.1, 0.15) is 52.1 Å². The molecule has 1 aliphatic rings. The van der Waals surface area contributed by atoms with Gasteiger partial charge in [-0.15, -0.1) is 0 Å². The predicted molar refractivity (Wildman–Crippen MR) is 341 cm³/mol. The molecule has 1 atom stereocenters. The fraction of sp³-hybridized carbons (Fsp3) is 0.338. The molecular formula is C65H78F4N16O6. The molecule has 0 spiro atoms. The van der Waals surface area contributed by atoms with E-state index in [1.54, 1.807) is 78.0 Å². The number of hydrazine groups is 2. The number of amides is 3. The summed E-state index contributed by atoms with van der Waals surface area (Å²) < 4.78 is 70.5. The summed E-state index contributed by atoms with van der Waals surface area (Å²) in [6.45, 7) is 17.7. The van der Waals surface area contributed by atoms with Gasteiger partial charge in [-0.1, -0.05) is 87.0 Å². The van der Waals surface area contributed by atoms with Crippen molar-refractivity contribution in [2.45, 2.75) is 105 Å². The molecule has 4 aromatic heterocycles. The average molecular weight is 1260 g/mol. The highest BCUT2D eigenvalue weighted by Gasteiger charge is 2.23. The Hall–Kier alpha value is -9.79. The molecule has 91 heavy (non-hydrogen) atoms. The number of hydrogen-bond donors (Lipinski definition) is 7. The largest absolute Gasteiger partial charge is 0.443 e. The Morgan fingerprint density at radius 3 is 1.62 bits per heavy atom. The number of nitrogens with one attached hydrogen (secondary N) is 6. The van der Waals surface area contributed by atoms with E-state index in [4.69, 9.17) is 20.1 Å². The quantitative estimate of drug-likeness (QED) is 0.0186. The Morgan fingerprint density at radius 1 is 0.648 bits per heavy atom. The number of aromatic amines is 4. The third-order valence-electron chi connectivity index (χ3n) is 13.4. The van der Waals surface area contributed by atoms with Crippen LogP contribution >= 0.6 is 0 Å². The molecule has 0 radical (unpaired) electrons. The number of nitrogens with two attached hydrogens (primary N) is 1. The van der Waals surface area contributed by atoms with Gasteiger partial charge in [0.15, 0.2) is 23.3 Å². The van der Waals surface area contributed by atoms with Crippen molar-refractivity contribution in [1.29, 1.82) is 0 Å². The number of hydrogen-bond acceptors (Lipinski definition) is 15. The molecule has 3 amide bonds. The molecule has 9 aromatic rings. The van der Waals surface area contributed by atoms with Crippen molar-refractivity contribution < 1.29 is 46.2 Å². The number of aromatic nitrogens is 10. The van der Waals surface area contributed by atoms with Crippen LogP contribution in [0.1, 0.15) is 120 Å². The van der Waals surface area contributed by atoms with Crippen LogP contribution in [0.25, 0.3) is 68.9 Å². The minimum atomic E-state index is -0.720. The lowest BCUT2D eigenvalue weighted by atomic mass is 10.0. The zero-order valence-corrected chi connectivity index (χ0v) is 52.8. The van der Waals surface area contributed by atoms with Gasteiger partial charge in [-0.3, -0.25) is 25.3 Å². The highest BCUT2D eigenvalue weighted by molar-refractivity contribution is 5.93. The molecule has 0 bridgehead atoms. The van der Waals surface area contributed by atoms with E-state index >= 15 is 0 Å². The Morgan fingerprint density at radius 2 is 1.14 bits per heavy atom. The van der Waals surface area contributed by atoms with Crippen LogP contribution in [-0.4, -0.2) is 129 Å². The molecule has 5 heterocycles. The monoisotopic (exact) mass is 1250 g/mol. The molecule has 0 unspecified atom stereocenters. The SMILES string of the molecule is CN(N)C(=O)OC(C)(C)C.CN(NC(=O)OCc1ccccc1)C(=O)OC(C)(C)C.CN[C@H](c1nc(-c2cc(F)c3n[nH]c(/C=C/c4ccc(F)cc4)c3c2)n[nH]1)C(C)C.Fc1ccc(/C=C/c2[nH]nc3c(F)cc(-c4n[nH]c(CN5CCCCC5)n4)cc23)cc1. The van der Waals surface area contributed by atoms with Gasteiger partial charge >= 0.3 is 18.3 Å². The van der Waals surface area contributed by atoms with E-state index in [-0.39, 0.29) is 35.3 Å². The Bertz CT molecular complexity index is 3880. The summed E-state index contributed by atoms with van der Waals surface area (Å²) >= 11 is 0. The minimum absolute atomic E-state index is 0.0166. The van der Waals surface area contributed by atoms with Crippen molar-refractivity contribution in [1.82, 2.24) is 76.4 Å². The van der Waals surface area contributed by atoms with Crippen LogP contribution < -0.4 is 16.6 Å². The first-order valence-electron chi connectivity index (χ1n) is 29.3. The number of H-pyrrole nitrogens is 4. The van der Waals surface area contributed by atoms with Crippen LogP contribution in [0.4, 0.5) is 31.9 Å². The average Bonchev–Trinajstić information content (AvgIpc) is 1.72. The van der Waals surface area contributed by atoms with Crippen molar-refractivity contribution in [2.75, 3.05) is 34.2 Å². The molecule has 0 saturated carbocycles. The fourth-order valence-electron chi connectivity index (χ4n) is 8.96. The first kappa shape index (κ1) is 68.7. The summed E-state index contributed by atoms with van der Waals surface area (Å²) in [6.07, 6.45) is 9.00. The number of halogens is 4. The number of carbonyl (C=O) groups is 3. The second-order valence-electron chi connectivity index (χ2n) is 23.6. The van der Waals surface area contributed by atoms with Gasteiger partial charge in [-0.25, -0.2) is 63.2 Å². The van der Waals surface area contributed by atoms with Crippen molar-refractivity contribution in [3.05, 3.63) is 166 Å². The van der Waals surface area contributed by atoms with Crippen LogP contribution in [-0.2, 0) is 27.4 Å². The Labute approximate surface area is 525 Å². The Kier molecular flexibility index (Phi) is 23.9. The van der Waals surface area contributed by atoms with E-state index in [2.05, 4.69) is 80.2 Å². The van der Waals surface area contributed by atoms with Gasteiger partial charge in [0.05, 0.1) is 24.0 Å². The number of benzene rings is 5. The summed E-state index contributed by atoms with van der Waals surface area (Å²) in [5.41, 5.74) is 6.63. The van der Waals surface area contributed by atoms with Gasteiger partial charge < -0.3 is 19.5 Å². The van der Waals surface area contributed by atoms with Gasteiger partial charge in [-0.05, 0) is 158 Å². The maximum atomic E-state index is 14.7. The normalized spacial score (nSPS) is 13.0. The van der Waals surface area contributed by atoms with E-state index in [0.717, 1.165) is 52.2 Å². The van der Waals surface area contributed by atoms with Crippen molar-refractivity contribution >= 4 is 64.4 Å². The van der Waals surface area contributed by atoms with E-state index in [0.29, 0.717) is 56.7 Å². The maximum absolute atomic E-state index is 14.7. The lowest BCUT2D eigenvalue weighted by molar-refractivity contribution is 0.0181. The number of carbonyl (C=O) groups excluding carboxylic acids is 3. The lowest BCUT2D eigenvalue weighted by Gasteiger charge is -2.24. The zero-order valence-electron chi connectivity index (χ0n) is 52.8. The first-order chi connectivity index (χ1) is 43.2. The summed E-state index contributed by atoms with van der Waals surface area (Å²) in [7, 11) is 4.69. The zero-order chi connectivity index (χ0) is 66.0. The minimum Gasteiger partial charge on any atom is -0.443 e. The van der Waals surface area contributed by atoms with Crippen molar-refractivity contribution in [2.24, 2.45) is 11.8 Å². The molecular weight excluding hydrogens is 1180 g/mol. The molecule has 1 saturated heterocycles. The molecule has 5 aromatic carbocycles. The molecule has 1 aliphatic heterocycles. The highest BCUT2D eigenvalue weighted by atomic mass is 19.1. The first-order valence-corrected chi connectivity index (χ1v) is 29.3. The third kappa shape index (κ3) is 20.9. The molecule has 1 fully saturated rings. The van der Waals surface area contributed by atoms with Crippen molar-refractivity contribution in [3.8, 4) is 22.8 Å². The second kappa shape index (κ2) is 31.6. The molecule has 26 heteroatoms. The van der Waals surface area contributed by atoms with Crippen LogP contribution in [0.5, 0.6) is 0 Å². The van der Waals surface area contributed by atoms with E-state index < -0.39 is 41.1 Å². The Balaban J connectivity index is 0.000000184. The van der Waals surface area contributed by atoms with Crippen LogP contribution in [0, 0.1) is 29.2 Å². The summed E-state index contributed by atoms with van der Waals surface area (Å²) in [5, 5.41) is 34.7. The van der Waals surface area contributed by atoms with E-state index in [1.165, 1.54) is 69.8 Å². The van der Waals surface area contributed by atoms with Gasteiger partial charge in [0, 0.05) is 36.0 Å². The number of piperidine rings is 1. The predicted octanol–water partition coefficient (Wildman–Crippen LogP) is 12.9. The topological polar surface area (TPSA) is 279 Å². The van der Waals surface area contributed by atoms with Crippen LogP contribution in [0.2, 0.25) is 0 Å². The number of rotatable bonds is 13. The van der Waals surface area contributed by atoms with Gasteiger partial charge in [0.2, 0.25) is 0 Å². The molecule has 22 nitrogen and oxygen atoms in total. The summed E-state index contributed by atoms with van der Waals surface area (Å²) in [5.74, 6) is 6.29. The number of fused-ring (bicyclic) bond motifs is 2. The maximum Gasteiger partial charge on any atom is 0.429 e. The third-order valence-corrected chi connectivity index (χ3v) is 13.4. The number of ether oxygens (including phenoxy) is 3. The van der Waals surface area contributed by atoms with E-state index in [9.17, 15) is 31.9 Å². The van der Waals surface area contributed by atoms with Crippen molar-refractivity contribution in [3.63, 3.8) is 0 Å². The molecule has 482 valence electrons. The summed E-state index contributed by atoms with van der Waals surface area (Å²) in [4.78, 5) is 45.3. The molecule has 8 N–H and O–H groups in total. The van der Waals surface area contributed by atoms with Gasteiger partial charge in [0.25, 0.3) is 0 Å². The van der Waals surface area contributed by atoms with Gasteiger partial charge in [-0.2, -0.15) is 20.4 Å². The van der Waals surface area contributed by atoms with Crippen LogP contribution in [0.3, 0.4) is 0 Å². The smallest absolute Gasteiger partial charge is 0.429 e. The second-order valence-corrected chi connectivity index (χ2v) is 23.6. The number of nitrogens with zero attached hydrogens (tertiary/aromatic N) is 9. The highest BCUT2D eigenvalue weighted by Crippen LogP contribution is 2.30. The molecule has 10 rings (SSSR count).